The summed E-state index contributed by atoms with van der Waals surface area (Å²) in [5, 5.41) is 13.3. The highest BCUT2D eigenvalue weighted by Crippen LogP contribution is 2.38. The highest BCUT2D eigenvalue weighted by molar-refractivity contribution is 6.09. The second-order valence-corrected chi connectivity index (χ2v) is 5.27. The van der Waals surface area contributed by atoms with Crippen LogP contribution in [0.1, 0.15) is 27.9 Å². The molecule has 1 aliphatic rings. The lowest BCUT2D eigenvalue weighted by molar-refractivity contribution is -0.133. The van der Waals surface area contributed by atoms with Crippen LogP contribution >= 0.6 is 0 Å². The van der Waals surface area contributed by atoms with Crippen LogP contribution in [0.2, 0.25) is 0 Å². The second kappa shape index (κ2) is 4.82. The molecule has 21 heavy (non-hydrogen) atoms. The molecule has 2 aromatic carbocycles. The van der Waals surface area contributed by atoms with Crippen LogP contribution in [0.3, 0.4) is 0 Å². The molecular formula is C17H15NO3. The van der Waals surface area contributed by atoms with E-state index in [2.05, 4.69) is 5.32 Å². The van der Waals surface area contributed by atoms with Gasteiger partial charge in [0.25, 0.3) is 5.91 Å². The zero-order valence-corrected chi connectivity index (χ0v) is 11.6. The van der Waals surface area contributed by atoms with E-state index in [-0.39, 0.29) is 12.2 Å². The largest absolute Gasteiger partial charge is 0.375 e. The number of para-hydroxylation sites is 1. The SMILES string of the molecule is Cc1ccccc1C(=O)C[C@]1(O)C(=O)Nc2ccccc21. The quantitative estimate of drug-likeness (QED) is 0.849. The molecule has 0 unspecified atom stereocenters. The normalized spacial score (nSPS) is 20.0. The standard InChI is InChI=1S/C17H15NO3/c1-11-6-2-3-7-12(11)15(19)10-17(21)13-8-4-5-9-14(13)18-16(17)20/h2-9,21H,10H2,1H3,(H,18,20)/t17-/m1/s1. The molecule has 0 saturated heterocycles. The van der Waals surface area contributed by atoms with E-state index in [1.54, 1.807) is 36.4 Å². The minimum atomic E-state index is -1.80. The summed E-state index contributed by atoms with van der Waals surface area (Å²) in [7, 11) is 0. The van der Waals surface area contributed by atoms with E-state index in [0.29, 0.717) is 16.8 Å². The Hall–Kier alpha value is -2.46. The molecule has 0 spiro atoms. The molecule has 0 aliphatic carbocycles. The maximum atomic E-state index is 12.4. The van der Waals surface area contributed by atoms with Gasteiger partial charge in [0.1, 0.15) is 0 Å². The van der Waals surface area contributed by atoms with Gasteiger partial charge >= 0.3 is 0 Å². The van der Waals surface area contributed by atoms with Crippen molar-refractivity contribution >= 4 is 17.4 Å². The summed E-state index contributed by atoms with van der Waals surface area (Å²) in [5.74, 6) is -0.798. The van der Waals surface area contributed by atoms with Gasteiger partial charge in [0.05, 0.1) is 6.42 Å². The fraction of sp³-hybridized carbons (Fsp3) is 0.176. The highest BCUT2D eigenvalue weighted by atomic mass is 16.3. The van der Waals surface area contributed by atoms with Gasteiger partial charge in [0.15, 0.2) is 11.4 Å². The molecule has 2 N–H and O–H groups in total. The first-order chi connectivity index (χ1) is 10.0. The number of Topliss-reactive ketones (excluding diaryl/α,β-unsaturated/α-hetero) is 1. The van der Waals surface area contributed by atoms with Gasteiger partial charge in [-0.15, -0.1) is 0 Å². The lowest BCUT2D eigenvalue weighted by Gasteiger charge is -2.20. The molecule has 0 bridgehead atoms. The number of ketones is 1. The highest BCUT2D eigenvalue weighted by Gasteiger charge is 2.46. The van der Waals surface area contributed by atoms with E-state index in [1.807, 2.05) is 19.1 Å². The van der Waals surface area contributed by atoms with Crippen molar-refractivity contribution in [3.63, 3.8) is 0 Å². The molecule has 106 valence electrons. The number of anilines is 1. The lowest BCUT2D eigenvalue weighted by Crippen LogP contribution is -2.36. The molecule has 3 rings (SSSR count). The average Bonchev–Trinajstić information content (AvgIpc) is 2.71. The Bertz CT molecular complexity index is 738. The predicted molar refractivity (Wildman–Crippen MR) is 79.1 cm³/mol. The Balaban J connectivity index is 1.96. The summed E-state index contributed by atoms with van der Waals surface area (Å²) in [5.41, 5.74) is 0.580. The lowest BCUT2D eigenvalue weighted by atomic mass is 9.87. The van der Waals surface area contributed by atoms with Crippen LogP contribution in [0.5, 0.6) is 0 Å². The van der Waals surface area contributed by atoms with Crippen LogP contribution in [0.15, 0.2) is 48.5 Å². The molecule has 2 aromatic rings. The van der Waals surface area contributed by atoms with Crippen molar-refractivity contribution in [2.75, 3.05) is 5.32 Å². The van der Waals surface area contributed by atoms with E-state index >= 15 is 0 Å². The minimum Gasteiger partial charge on any atom is -0.375 e. The monoisotopic (exact) mass is 281 g/mol. The first-order valence-electron chi connectivity index (χ1n) is 6.74. The van der Waals surface area contributed by atoms with Gasteiger partial charge in [0.2, 0.25) is 0 Å². The molecule has 4 heteroatoms. The number of aryl methyl sites for hydroxylation is 1. The van der Waals surface area contributed by atoms with Gasteiger partial charge in [-0.2, -0.15) is 0 Å². The number of carbonyl (C=O) groups excluding carboxylic acids is 2. The number of amides is 1. The Labute approximate surface area is 122 Å². The Morgan fingerprint density at radius 1 is 1.14 bits per heavy atom. The smallest absolute Gasteiger partial charge is 0.261 e. The number of nitrogens with one attached hydrogen (secondary N) is 1. The van der Waals surface area contributed by atoms with Crippen molar-refractivity contribution in [1.82, 2.24) is 0 Å². The van der Waals surface area contributed by atoms with E-state index in [1.165, 1.54) is 0 Å². The zero-order chi connectivity index (χ0) is 15.0. The number of hydrogen-bond donors (Lipinski definition) is 2. The summed E-state index contributed by atoms with van der Waals surface area (Å²) < 4.78 is 0. The molecular weight excluding hydrogens is 266 g/mol. The van der Waals surface area contributed by atoms with Crippen molar-refractivity contribution in [3.05, 3.63) is 65.2 Å². The van der Waals surface area contributed by atoms with Gasteiger partial charge in [-0.3, -0.25) is 9.59 Å². The minimum absolute atomic E-state index is 0.248. The zero-order valence-electron chi connectivity index (χ0n) is 11.6. The fourth-order valence-corrected chi connectivity index (χ4v) is 2.69. The molecule has 1 atom stereocenters. The van der Waals surface area contributed by atoms with Crippen molar-refractivity contribution in [3.8, 4) is 0 Å². The Morgan fingerprint density at radius 3 is 2.57 bits per heavy atom. The molecule has 1 heterocycles. The van der Waals surface area contributed by atoms with Crippen LogP contribution in [0, 0.1) is 6.92 Å². The number of aliphatic hydroxyl groups is 1. The summed E-state index contributed by atoms with van der Waals surface area (Å²) in [4.78, 5) is 24.5. The number of rotatable bonds is 3. The first-order valence-corrected chi connectivity index (χ1v) is 6.74. The van der Waals surface area contributed by atoms with Gasteiger partial charge in [-0.25, -0.2) is 0 Å². The first kappa shape index (κ1) is 13.5. The van der Waals surface area contributed by atoms with Crippen molar-refractivity contribution in [2.24, 2.45) is 0 Å². The maximum Gasteiger partial charge on any atom is 0.261 e. The molecule has 0 radical (unpaired) electrons. The molecule has 0 saturated carbocycles. The molecule has 0 aromatic heterocycles. The van der Waals surface area contributed by atoms with E-state index < -0.39 is 11.5 Å². The van der Waals surface area contributed by atoms with E-state index in [0.717, 1.165) is 5.56 Å². The van der Waals surface area contributed by atoms with Crippen LogP contribution in [0.4, 0.5) is 5.69 Å². The summed E-state index contributed by atoms with van der Waals surface area (Å²) >= 11 is 0. The summed E-state index contributed by atoms with van der Waals surface area (Å²) in [6.45, 7) is 1.83. The van der Waals surface area contributed by atoms with Gasteiger partial charge in [-0.05, 0) is 18.6 Å². The summed E-state index contributed by atoms with van der Waals surface area (Å²) in [6, 6.07) is 14.0. The van der Waals surface area contributed by atoms with Crippen LogP contribution in [0.25, 0.3) is 0 Å². The van der Waals surface area contributed by atoms with Crippen LogP contribution in [-0.2, 0) is 10.4 Å². The van der Waals surface area contributed by atoms with Crippen LogP contribution in [-0.4, -0.2) is 16.8 Å². The number of benzene rings is 2. The topological polar surface area (TPSA) is 66.4 Å². The van der Waals surface area contributed by atoms with Gasteiger partial charge in [0, 0.05) is 16.8 Å². The fourth-order valence-electron chi connectivity index (χ4n) is 2.69. The number of hydrogen-bond acceptors (Lipinski definition) is 3. The third kappa shape index (κ3) is 2.14. The third-order valence-electron chi connectivity index (χ3n) is 3.86. The number of carbonyl (C=O) groups is 2. The molecule has 1 aliphatic heterocycles. The molecule has 4 nitrogen and oxygen atoms in total. The predicted octanol–water partition coefficient (Wildman–Crippen LogP) is 2.41. The van der Waals surface area contributed by atoms with Gasteiger partial charge < -0.3 is 10.4 Å². The Kier molecular flexibility index (Phi) is 3.11. The van der Waals surface area contributed by atoms with Crippen molar-refractivity contribution in [1.29, 1.82) is 0 Å². The summed E-state index contributed by atoms with van der Waals surface area (Å²) in [6.07, 6.45) is -0.263. The second-order valence-electron chi connectivity index (χ2n) is 5.27. The van der Waals surface area contributed by atoms with E-state index in [4.69, 9.17) is 0 Å². The average molecular weight is 281 g/mol. The molecule has 1 amide bonds. The van der Waals surface area contributed by atoms with Crippen molar-refractivity contribution < 1.29 is 14.7 Å². The molecule has 0 fully saturated rings. The van der Waals surface area contributed by atoms with Gasteiger partial charge in [-0.1, -0.05) is 42.5 Å². The number of fused-ring (bicyclic) bond motifs is 1. The van der Waals surface area contributed by atoms with Crippen LogP contribution < -0.4 is 5.32 Å². The third-order valence-corrected chi connectivity index (χ3v) is 3.86. The Morgan fingerprint density at radius 2 is 1.81 bits per heavy atom. The van der Waals surface area contributed by atoms with Crippen molar-refractivity contribution in [2.45, 2.75) is 18.9 Å². The van der Waals surface area contributed by atoms with E-state index in [9.17, 15) is 14.7 Å². The maximum absolute atomic E-state index is 12.4.